The first-order valence-corrected chi connectivity index (χ1v) is 11.6. The minimum atomic E-state index is -0.303. The molecule has 0 spiro atoms. The largest absolute Gasteiger partial charge is 0.472 e. The number of nitrogens with zero attached hydrogens (tertiary/aromatic N) is 4. The summed E-state index contributed by atoms with van der Waals surface area (Å²) >= 11 is 0. The van der Waals surface area contributed by atoms with E-state index in [1.807, 2.05) is 19.1 Å². The van der Waals surface area contributed by atoms with Gasteiger partial charge < -0.3 is 14.7 Å². The Bertz CT molecular complexity index is 1030. The summed E-state index contributed by atoms with van der Waals surface area (Å²) in [6.45, 7) is 5.77. The van der Waals surface area contributed by atoms with Crippen LogP contribution < -0.4 is 4.74 Å². The molecular formula is C26H32N4O3. The standard InChI is InChI=1S/C26H32N4O3/c1-18-14-30(19(2)17-31)26(32)23-12-22(7-6-20-4-5-20)13-28-25(23)33-24(18)16-29(3)15-21-8-10-27-11-9-21/h8-13,18-20,24,31H,4-5,14-17H2,1-3H3/t18-,19-,24-/m0/s1. The minimum absolute atomic E-state index is 0.0483. The van der Waals surface area contributed by atoms with Crippen LogP contribution in [0.5, 0.6) is 5.88 Å². The van der Waals surface area contributed by atoms with Crippen LogP contribution in [0, 0.1) is 23.7 Å². The monoisotopic (exact) mass is 448 g/mol. The molecule has 3 atom stereocenters. The van der Waals surface area contributed by atoms with Crippen molar-refractivity contribution in [2.45, 2.75) is 45.4 Å². The first-order chi connectivity index (χ1) is 15.9. The predicted molar refractivity (Wildman–Crippen MR) is 126 cm³/mol. The Morgan fingerprint density at radius 3 is 2.79 bits per heavy atom. The van der Waals surface area contributed by atoms with Crippen molar-refractivity contribution in [1.82, 2.24) is 19.8 Å². The number of carbonyl (C=O) groups excluding carboxylic acids is 1. The van der Waals surface area contributed by atoms with Gasteiger partial charge in [0, 0.05) is 55.6 Å². The van der Waals surface area contributed by atoms with E-state index in [-0.39, 0.29) is 30.6 Å². The van der Waals surface area contributed by atoms with Gasteiger partial charge >= 0.3 is 0 Å². The quantitative estimate of drug-likeness (QED) is 0.685. The molecule has 2 aliphatic rings. The van der Waals surface area contributed by atoms with Crippen molar-refractivity contribution in [3.05, 3.63) is 53.5 Å². The number of carbonyl (C=O) groups is 1. The third kappa shape index (κ3) is 5.89. The predicted octanol–water partition coefficient (Wildman–Crippen LogP) is 2.59. The van der Waals surface area contributed by atoms with Crippen molar-refractivity contribution in [2.24, 2.45) is 11.8 Å². The Kier molecular flexibility index (Phi) is 7.26. The molecule has 1 amide bonds. The molecule has 174 valence electrons. The molecule has 1 aliphatic carbocycles. The maximum atomic E-state index is 13.4. The summed E-state index contributed by atoms with van der Waals surface area (Å²) in [4.78, 5) is 26.0. The smallest absolute Gasteiger partial charge is 0.259 e. The summed E-state index contributed by atoms with van der Waals surface area (Å²) < 4.78 is 6.36. The topological polar surface area (TPSA) is 78.8 Å². The summed E-state index contributed by atoms with van der Waals surface area (Å²) in [7, 11) is 2.06. The van der Waals surface area contributed by atoms with Gasteiger partial charge in [0.15, 0.2) is 0 Å². The van der Waals surface area contributed by atoms with Crippen molar-refractivity contribution >= 4 is 5.91 Å². The van der Waals surface area contributed by atoms with Gasteiger partial charge in [-0.3, -0.25) is 14.7 Å². The molecule has 33 heavy (non-hydrogen) atoms. The molecule has 2 aromatic rings. The number of aromatic nitrogens is 2. The van der Waals surface area contributed by atoms with Crippen molar-refractivity contribution in [3.8, 4) is 17.7 Å². The maximum absolute atomic E-state index is 13.4. The van der Waals surface area contributed by atoms with E-state index in [2.05, 4.69) is 40.7 Å². The SMILES string of the molecule is C[C@H]1CN([C@@H](C)CO)C(=O)c2cc(C#CC3CC3)cnc2O[C@H]1CN(C)Cc1ccncc1. The fourth-order valence-electron chi connectivity index (χ4n) is 3.97. The Hall–Kier alpha value is -2.95. The molecule has 7 nitrogen and oxygen atoms in total. The molecule has 2 aromatic heterocycles. The van der Waals surface area contributed by atoms with Crippen molar-refractivity contribution in [2.75, 3.05) is 26.7 Å². The minimum Gasteiger partial charge on any atom is -0.472 e. The molecule has 1 fully saturated rings. The second-order valence-electron chi connectivity index (χ2n) is 9.30. The van der Waals surface area contributed by atoms with E-state index in [4.69, 9.17) is 4.74 Å². The lowest BCUT2D eigenvalue weighted by Gasteiger charge is -2.37. The average Bonchev–Trinajstić information content (AvgIpc) is 3.65. The molecule has 0 saturated heterocycles. The van der Waals surface area contributed by atoms with E-state index in [1.165, 1.54) is 5.56 Å². The summed E-state index contributed by atoms with van der Waals surface area (Å²) in [5.41, 5.74) is 2.30. The third-order valence-electron chi connectivity index (χ3n) is 6.21. The van der Waals surface area contributed by atoms with E-state index < -0.39 is 0 Å². The molecule has 1 saturated carbocycles. The second kappa shape index (κ2) is 10.3. The zero-order valence-electron chi connectivity index (χ0n) is 19.6. The normalized spacial score (nSPS) is 21.4. The Balaban J connectivity index is 1.60. The van der Waals surface area contributed by atoms with Gasteiger partial charge in [-0.1, -0.05) is 18.8 Å². The van der Waals surface area contributed by atoms with Gasteiger partial charge in [0.1, 0.15) is 11.7 Å². The Labute approximate surface area is 195 Å². The number of rotatable bonds is 6. The Morgan fingerprint density at radius 2 is 2.09 bits per heavy atom. The highest BCUT2D eigenvalue weighted by atomic mass is 16.5. The lowest BCUT2D eigenvalue weighted by Crippen LogP contribution is -2.49. The third-order valence-corrected chi connectivity index (χ3v) is 6.21. The number of hydrogen-bond donors (Lipinski definition) is 1. The molecule has 4 rings (SSSR count). The van der Waals surface area contributed by atoms with Gasteiger partial charge in [0.25, 0.3) is 5.91 Å². The fourth-order valence-corrected chi connectivity index (χ4v) is 3.97. The zero-order valence-corrected chi connectivity index (χ0v) is 19.6. The summed E-state index contributed by atoms with van der Waals surface area (Å²) in [5, 5.41) is 9.81. The second-order valence-corrected chi connectivity index (χ2v) is 9.30. The Morgan fingerprint density at radius 1 is 1.33 bits per heavy atom. The molecule has 0 unspecified atom stereocenters. The highest BCUT2D eigenvalue weighted by molar-refractivity contribution is 5.97. The molecule has 0 bridgehead atoms. The number of hydrogen-bond acceptors (Lipinski definition) is 6. The number of likely N-dealkylation sites (N-methyl/N-ethyl adjacent to an activating group) is 1. The number of ether oxygens (including phenoxy) is 1. The van der Waals surface area contributed by atoms with E-state index in [0.29, 0.717) is 36.0 Å². The van der Waals surface area contributed by atoms with E-state index in [0.717, 1.165) is 19.4 Å². The van der Waals surface area contributed by atoms with Gasteiger partial charge in [-0.15, -0.1) is 0 Å². The molecule has 0 aromatic carbocycles. The van der Waals surface area contributed by atoms with Gasteiger partial charge in [-0.25, -0.2) is 4.98 Å². The van der Waals surface area contributed by atoms with Crippen LogP contribution in [0.2, 0.25) is 0 Å². The molecule has 7 heteroatoms. The lowest BCUT2D eigenvalue weighted by atomic mass is 9.99. The van der Waals surface area contributed by atoms with Crippen LogP contribution in [0.15, 0.2) is 36.8 Å². The summed E-state index contributed by atoms with van der Waals surface area (Å²) in [5.74, 6) is 7.05. The van der Waals surface area contributed by atoms with Crippen molar-refractivity contribution in [1.29, 1.82) is 0 Å². The molecular weight excluding hydrogens is 416 g/mol. The maximum Gasteiger partial charge on any atom is 0.259 e. The zero-order chi connectivity index (χ0) is 23.4. The number of amides is 1. The van der Waals surface area contributed by atoms with Crippen molar-refractivity contribution < 1.29 is 14.6 Å². The lowest BCUT2D eigenvalue weighted by molar-refractivity contribution is 0.0325. The number of fused-ring (bicyclic) bond motifs is 1. The van der Waals surface area contributed by atoms with Crippen LogP contribution in [0.25, 0.3) is 0 Å². The van der Waals surface area contributed by atoms with Crippen LogP contribution in [0.4, 0.5) is 0 Å². The summed E-state index contributed by atoms with van der Waals surface area (Å²) in [6.07, 6.45) is 7.38. The first-order valence-electron chi connectivity index (χ1n) is 11.6. The van der Waals surface area contributed by atoms with E-state index >= 15 is 0 Å². The number of aliphatic hydroxyl groups excluding tert-OH is 1. The van der Waals surface area contributed by atoms with Gasteiger partial charge in [0.2, 0.25) is 5.88 Å². The first kappa shape index (κ1) is 23.2. The highest BCUT2D eigenvalue weighted by Gasteiger charge is 2.34. The summed E-state index contributed by atoms with van der Waals surface area (Å²) in [6, 6.07) is 5.49. The molecule has 3 heterocycles. The molecule has 1 N–H and O–H groups in total. The molecule has 1 aliphatic heterocycles. The molecule has 0 radical (unpaired) electrons. The highest BCUT2D eigenvalue weighted by Crippen LogP contribution is 2.29. The van der Waals surface area contributed by atoms with Gasteiger partial charge in [-0.2, -0.15) is 0 Å². The van der Waals surface area contributed by atoms with Crippen LogP contribution >= 0.6 is 0 Å². The van der Waals surface area contributed by atoms with Gasteiger partial charge in [0.05, 0.1) is 12.6 Å². The average molecular weight is 449 g/mol. The van der Waals surface area contributed by atoms with Gasteiger partial charge in [-0.05, 0) is 50.6 Å². The van der Waals surface area contributed by atoms with Crippen LogP contribution in [-0.4, -0.2) is 69.7 Å². The van der Waals surface area contributed by atoms with E-state index in [1.54, 1.807) is 29.6 Å². The fraction of sp³-hybridized carbons (Fsp3) is 0.500. The van der Waals surface area contributed by atoms with Crippen LogP contribution in [0.3, 0.4) is 0 Å². The van der Waals surface area contributed by atoms with Crippen molar-refractivity contribution in [3.63, 3.8) is 0 Å². The number of pyridine rings is 2. The number of aliphatic hydroxyl groups is 1. The van der Waals surface area contributed by atoms with Crippen LogP contribution in [-0.2, 0) is 6.54 Å². The van der Waals surface area contributed by atoms with E-state index in [9.17, 15) is 9.90 Å². The van der Waals surface area contributed by atoms with Crippen LogP contribution in [0.1, 0.15) is 48.2 Å².